The second-order valence-electron chi connectivity index (χ2n) is 6.83. The van der Waals surface area contributed by atoms with Gasteiger partial charge in [-0.1, -0.05) is 25.4 Å². The zero-order valence-electron chi connectivity index (χ0n) is 16.9. The van der Waals surface area contributed by atoms with Crippen molar-refractivity contribution >= 4 is 47.2 Å². The summed E-state index contributed by atoms with van der Waals surface area (Å²) in [7, 11) is 2.00. The number of nitrogens with zero attached hydrogens (tertiary/aromatic N) is 5. The summed E-state index contributed by atoms with van der Waals surface area (Å²) in [6.07, 6.45) is 1.87. The summed E-state index contributed by atoms with van der Waals surface area (Å²) in [6, 6.07) is 8.00. The summed E-state index contributed by atoms with van der Waals surface area (Å²) in [5, 5.41) is 5.38. The van der Waals surface area contributed by atoms with E-state index in [1.807, 2.05) is 23.9 Å². The van der Waals surface area contributed by atoms with Gasteiger partial charge < -0.3 is 15.5 Å². The van der Waals surface area contributed by atoms with Crippen molar-refractivity contribution in [1.82, 2.24) is 14.7 Å². The van der Waals surface area contributed by atoms with Crippen LogP contribution in [-0.2, 0) is 26.4 Å². The Hall–Kier alpha value is -1.48. The van der Waals surface area contributed by atoms with Gasteiger partial charge in [0.15, 0.2) is 5.96 Å². The van der Waals surface area contributed by atoms with E-state index in [0.717, 1.165) is 49.7 Å². The summed E-state index contributed by atoms with van der Waals surface area (Å²) in [5.74, 6) is 0.624. The van der Waals surface area contributed by atoms with Gasteiger partial charge in [-0.05, 0) is 37.1 Å². The molecule has 8 heteroatoms. The molecule has 2 N–H and O–H groups in total. The normalized spacial score (nSPS) is 14.9. The molecule has 1 aliphatic heterocycles. The van der Waals surface area contributed by atoms with E-state index in [0.29, 0.717) is 12.5 Å². The molecule has 1 fully saturated rings. The molecule has 2 aromatic rings. The number of piperazine rings is 1. The summed E-state index contributed by atoms with van der Waals surface area (Å²) >= 11 is 5.98. The van der Waals surface area contributed by atoms with Crippen LogP contribution in [0.1, 0.15) is 30.8 Å². The highest BCUT2D eigenvalue weighted by atomic mass is 127. The van der Waals surface area contributed by atoms with E-state index in [2.05, 4.69) is 45.9 Å². The first-order chi connectivity index (χ1) is 13.0. The number of aromatic nitrogens is 2. The molecule has 0 amide bonds. The van der Waals surface area contributed by atoms with Crippen LogP contribution in [0.4, 0.5) is 5.69 Å². The minimum absolute atomic E-state index is 0. The molecule has 6 nitrogen and oxygen atoms in total. The SMILES string of the molecule is CCc1nn(C)c(CC)c1CN=C(N)N1CCN(c2ccc(Cl)cc2)CC1.I. The lowest BCUT2D eigenvalue weighted by molar-refractivity contribution is 0.380. The zero-order valence-corrected chi connectivity index (χ0v) is 19.9. The summed E-state index contributed by atoms with van der Waals surface area (Å²) in [6.45, 7) is 8.47. The van der Waals surface area contributed by atoms with Crippen LogP contribution < -0.4 is 10.6 Å². The molecule has 1 saturated heterocycles. The van der Waals surface area contributed by atoms with Crippen LogP contribution in [0.3, 0.4) is 0 Å². The molecular formula is C20H30ClIN6. The third kappa shape index (κ3) is 5.11. The first-order valence-corrected chi connectivity index (χ1v) is 10.00. The largest absolute Gasteiger partial charge is 0.370 e. The molecule has 2 heterocycles. The van der Waals surface area contributed by atoms with Crippen LogP contribution in [0.15, 0.2) is 29.3 Å². The Morgan fingerprint density at radius 3 is 2.32 bits per heavy atom. The molecule has 0 aliphatic carbocycles. The number of aliphatic imine (C=N–C) groups is 1. The quantitative estimate of drug-likeness (QED) is 0.376. The van der Waals surface area contributed by atoms with Crippen LogP contribution in [0.5, 0.6) is 0 Å². The Labute approximate surface area is 189 Å². The second-order valence-corrected chi connectivity index (χ2v) is 7.26. The number of rotatable bonds is 5. The van der Waals surface area contributed by atoms with Crippen molar-refractivity contribution in [3.05, 3.63) is 46.2 Å². The van der Waals surface area contributed by atoms with Crippen LogP contribution in [0, 0.1) is 0 Å². The van der Waals surface area contributed by atoms with E-state index < -0.39 is 0 Å². The Morgan fingerprint density at radius 2 is 1.75 bits per heavy atom. The van der Waals surface area contributed by atoms with E-state index in [-0.39, 0.29) is 24.0 Å². The molecule has 154 valence electrons. The van der Waals surface area contributed by atoms with Gasteiger partial charge in [0.1, 0.15) is 0 Å². The molecule has 1 aromatic heterocycles. The lowest BCUT2D eigenvalue weighted by atomic mass is 10.1. The maximum atomic E-state index is 6.30. The summed E-state index contributed by atoms with van der Waals surface area (Å²) in [5.41, 5.74) is 11.1. The highest BCUT2D eigenvalue weighted by Crippen LogP contribution is 2.20. The first kappa shape index (κ1) is 22.8. The predicted molar refractivity (Wildman–Crippen MR) is 128 cm³/mol. The van der Waals surface area contributed by atoms with Gasteiger partial charge >= 0.3 is 0 Å². The lowest BCUT2D eigenvalue weighted by Gasteiger charge is -2.36. The number of guanidine groups is 1. The Morgan fingerprint density at radius 1 is 1.11 bits per heavy atom. The third-order valence-electron chi connectivity index (χ3n) is 5.22. The Balaban J connectivity index is 0.00000280. The van der Waals surface area contributed by atoms with Crippen molar-refractivity contribution in [1.29, 1.82) is 0 Å². The van der Waals surface area contributed by atoms with Crippen molar-refractivity contribution < 1.29 is 0 Å². The molecular weight excluding hydrogens is 487 g/mol. The highest BCUT2D eigenvalue weighted by Gasteiger charge is 2.19. The minimum atomic E-state index is 0. The van der Waals surface area contributed by atoms with Gasteiger partial charge in [0.2, 0.25) is 0 Å². The van der Waals surface area contributed by atoms with Gasteiger partial charge in [-0.3, -0.25) is 4.68 Å². The van der Waals surface area contributed by atoms with Crippen molar-refractivity contribution in [3.8, 4) is 0 Å². The van der Waals surface area contributed by atoms with Gasteiger partial charge in [-0.2, -0.15) is 5.10 Å². The number of anilines is 1. The smallest absolute Gasteiger partial charge is 0.191 e. The molecule has 3 rings (SSSR count). The number of hydrogen-bond acceptors (Lipinski definition) is 3. The second kappa shape index (κ2) is 10.3. The van der Waals surface area contributed by atoms with Crippen LogP contribution in [-0.4, -0.2) is 46.8 Å². The Bertz CT molecular complexity index is 794. The number of halogens is 2. The number of aryl methyl sites for hydroxylation is 2. The van der Waals surface area contributed by atoms with Gasteiger partial charge in [0, 0.05) is 55.2 Å². The molecule has 0 spiro atoms. The van der Waals surface area contributed by atoms with Crippen LogP contribution in [0.25, 0.3) is 0 Å². The van der Waals surface area contributed by atoms with Crippen molar-refractivity contribution in [2.24, 2.45) is 17.8 Å². The molecule has 0 radical (unpaired) electrons. The maximum Gasteiger partial charge on any atom is 0.191 e. The van der Waals surface area contributed by atoms with Gasteiger partial charge in [0.05, 0.1) is 12.2 Å². The highest BCUT2D eigenvalue weighted by molar-refractivity contribution is 14.0. The lowest BCUT2D eigenvalue weighted by Crippen LogP contribution is -2.51. The zero-order chi connectivity index (χ0) is 19.4. The van der Waals surface area contributed by atoms with E-state index in [1.54, 1.807) is 0 Å². The number of benzene rings is 1. The number of hydrogen-bond donors (Lipinski definition) is 1. The van der Waals surface area contributed by atoms with E-state index in [9.17, 15) is 0 Å². The standard InChI is InChI=1S/C20H29ClN6.HI/c1-4-18-17(19(5-2)25(3)24-18)14-23-20(22)27-12-10-26(11-13-27)16-8-6-15(21)7-9-16;/h6-9H,4-5,10-14H2,1-3H3,(H2,22,23);1H. The van der Waals surface area contributed by atoms with Gasteiger partial charge in [-0.15, -0.1) is 24.0 Å². The van der Waals surface area contributed by atoms with Crippen molar-refractivity contribution in [2.45, 2.75) is 33.2 Å². The number of nitrogens with two attached hydrogens (primary N) is 1. The molecule has 0 bridgehead atoms. The van der Waals surface area contributed by atoms with Crippen LogP contribution in [0.2, 0.25) is 5.02 Å². The van der Waals surface area contributed by atoms with Crippen LogP contribution >= 0.6 is 35.6 Å². The van der Waals surface area contributed by atoms with Gasteiger partial charge in [0.25, 0.3) is 0 Å². The van der Waals surface area contributed by atoms with Crippen molar-refractivity contribution in [2.75, 3.05) is 31.1 Å². The average molecular weight is 517 g/mol. The molecule has 1 aliphatic rings. The predicted octanol–water partition coefficient (Wildman–Crippen LogP) is 3.45. The molecule has 1 aromatic carbocycles. The Kier molecular flexibility index (Phi) is 8.42. The average Bonchev–Trinajstić information content (AvgIpc) is 3.01. The van der Waals surface area contributed by atoms with E-state index in [1.165, 1.54) is 16.9 Å². The van der Waals surface area contributed by atoms with Gasteiger partial charge in [-0.25, -0.2) is 4.99 Å². The summed E-state index contributed by atoms with van der Waals surface area (Å²) < 4.78 is 1.98. The summed E-state index contributed by atoms with van der Waals surface area (Å²) in [4.78, 5) is 9.21. The molecule has 0 atom stereocenters. The fraction of sp³-hybridized carbons (Fsp3) is 0.500. The fourth-order valence-corrected chi connectivity index (χ4v) is 3.80. The monoisotopic (exact) mass is 516 g/mol. The van der Waals surface area contributed by atoms with E-state index >= 15 is 0 Å². The fourth-order valence-electron chi connectivity index (χ4n) is 3.68. The third-order valence-corrected chi connectivity index (χ3v) is 5.47. The van der Waals surface area contributed by atoms with Crippen molar-refractivity contribution in [3.63, 3.8) is 0 Å². The van der Waals surface area contributed by atoms with E-state index in [4.69, 9.17) is 17.3 Å². The molecule has 0 unspecified atom stereocenters. The molecule has 28 heavy (non-hydrogen) atoms. The topological polar surface area (TPSA) is 62.7 Å². The maximum absolute atomic E-state index is 6.30. The molecule has 0 saturated carbocycles. The minimum Gasteiger partial charge on any atom is -0.370 e. The first-order valence-electron chi connectivity index (χ1n) is 9.62.